The number of rotatable bonds is 4. The van der Waals surface area contributed by atoms with E-state index in [1.54, 1.807) is 0 Å². The summed E-state index contributed by atoms with van der Waals surface area (Å²) in [7, 11) is 0. The van der Waals surface area contributed by atoms with Crippen molar-refractivity contribution < 1.29 is 0 Å². The smallest absolute Gasteiger partial charge is 0.0972 e. The minimum Gasteiger partial charge on any atom is -0.252 e. The summed E-state index contributed by atoms with van der Waals surface area (Å²) >= 11 is 0. The molecule has 0 aliphatic carbocycles. The normalized spacial score (nSPS) is 11.7. The SMILES string of the molecule is c1ccc(-c2ncc(-c3ccc(-c4ccc5c(c4)c4ccccc4c4cccc6ccc7cccc5c7c64)c4ccccc34)nc2-c2ccccc2)cc1. The summed E-state index contributed by atoms with van der Waals surface area (Å²) in [6, 6.07) is 67.8. The second-order valence-corrected chi connectivity index (χ2v) is 14.1. The highest BCUT2D eigenvalue weighted by Gasteiger charge is 2.17. The predicted octanol–water partition coefficient (Wildman–Crippen LogP) is 14.1. The summed E-state index contributed by atoms with van der Waals surface area (Å²) in [5, 5.41) is 15.1. The van der Waals surface area contributed by atoms with Gasteiger partial charge in [0.15, 0.2) is 0 Å². The number of benzene rings is 9. The highest BCUT2D eigenvalue weighted by atomic mass is 14.8. The minimum atomic E-state index is 0.851. The fraction of sp³-hybridized carbons (Fsp3) is 0. The second kappa shape index (κ2) is 12.2. The molecular weight excluding hydrogens is 653 g/mol. The predicted molar refractivity (Wildman–Crippen MR) is 229 cm³/mol. The number of hydrogen-bond donors (Lipinski definition) is 0. The monoisotopic (exact) mass is 684 g/mol. The molecule has 11 aromatic rings. The lowest BCUT2D eigenvalue weighted by Crippen LogP contribution is -1.97. The van der Waals surface area contributed by atoms with Gasteiger partial charge in [-0.15, -0.1) is 0 Å². The third kappa shape index (κ3) is 4.74. The number of nitrogens with zero attached hydrogens (tertiary/aromatic N) is 2. The Morgan fingerprint density at radius 3 is 1.44 bits per heavy atom. The molecule has 0 saturated heterocycles. The molecule has 0 atom stereocenters. The minimum absolute atomic E-state index is 0.851. The van der Waals surface area contributed by atoms with E-state index in [0.29, 0.717) is 0 Å². The van der Waals surface area contributed by atoms with E-state index in [1.807, 2.05) is 30.5 Å². The average molecular weight is 685 g/mol. The molecule has 2 heteroatoms. The van der Waals surface area contributed by atoms with Crippen LogP contribution >= 0.6 is 0 Å². The molecule has 0 bridgehead atoms. The lowest BCUT2D eigenvalue weighted by molar-refractivity contribution is 1.21. The molecule has 0 spiro atoms. The van der Waals surface area contributed by atoms with Gasteiger partial charge in [-0.1, -0.05) is 182 Å². The van der Waals surface area contributed by atoms with Gasteiger partial charge in [-0.25, -0.2) is 4.98 Å². The van der Waals surface area contributed by atoms with Gasteiger partial charge < -0.3 is 0 Å². The Bertz CT molecular complexity index is 3260. The van der Waals surface area contributed by atoms with Crippen LogP contribution in [0.4, 0.5) is 0 Å². The molecule has 2 nitrogen and oxygen atoms in total. The molecule has 0 radical (unpaired) electrons. The van der Waals surface area contributed by atoms with Crippen molar-refractivity contribution in [3.05, 3.63) is 194 Å². The molecule has 1 aromatic heterocycles. The Balaban J connectivity index is 1.15. The Morgan fingerprint density at radius 2 is 0.796 bits per heavy atom. The molecule has 0 amide bonds. The quantitative estimate of drug-likeness (QED) is 0.172. The number of hydrogen-bond acceptors (Lipinski definition) is 2. The van der Waals surface area contributed by atoms with Gasteiger partial charge in [0.05, 0.1) is 23.3 Å². The molecule has 0 saturated carbocycles. The van der Waals surface area contributed by atoms with Gasteiger partial charge in [0.2, 0.25) is 0 Å². The fourth-order valence-corrected chi connectivity index (χ4v) is 8.62. The van der Waals surface area contributed by atoms with Crippen LogP contribution in [0.1, 0.15) is 0 Å². The first-order valence-corrected chi connectivity index (χ1v) is 18.5. The Morgan fingerprint density at radius 1 is 0.296 bits per heavy atom. The molecule has 11 rings (SSSR count). The third-order valence-corrected chi connectivity index (χ3v) is 11.1. The van der Waals surface area contributed by atoms with E-state index in [-0.39, 0.29) is 0 Å². The fourth-order valence-electron chi connectivity index (χ4n) is 8.62. The zero-order valence-corrected chi connectivity index (χ0v) is 29.4. The lowest BCUT2D eigenvalue weighted by atomic mass is 9.88. The van der Waals surface area contributed by atoms with Gasteiger partial charge in [-0.05, 0) is 81.8 Å². The first-order chi connectivity index (χ1) is 26.8. The summed E-state index contributed by atoms with van der Waals surface area (Å²) in [6.45, 7) is 0. The zero-order valence-electron chi connectivity index (χ0n) is 29.4. The maximum Gasteiger partial charge on any atom is 0.0972 e. The van der Waals surface area contributed by atoms with Crippen molar-refractivity contribution in [1.29, 1.82) is 0 Å². The molecule has 0 N–H and O–H groups in total. The molecule has 0 aliphatic heterocycles. The summed E-state index contributed by atoms with van der Waals surface area (Å²) in [4.78, 5) is 10.4. The van der Waals surface area contributed by atoms with Gasteiger partial charge in [-0.2, -0.15) is 0 Å². The van der Waals surface area contributed by atoms with E-state index in [1.165, 1.54) is 70.4 Å². The summed E-state index contributed by atoms with van der Waals surface area (Å²) in [6.07, 6.45) is 1.93. The van der Waals surface area contributed by atoms with Crippen LogP contribution in [0.15, 0.2) is 194 Å². The maximum absolute atomic E-state index is 5.33. The summed E-state index contributed by atoms with van der Waals surface area (Å²) < 4.78 is 0. The largest absolute Gasteiger partial charge is 0.252 e. The van der Waals surface area contributed by atoms with Crippen LogP contribution in [0.2, 0.25) is 0 Å². The molecule has 54 heavy (non-hydrogen) atoms. The highest BCUT2D eigenvalue weighted by Crippen LogP contribution is 2.43. The number of aromatic nitrogens is 2. The molecular formula is C52H32N2. The van der Waals surface area contributed by atoms with E-state index in [4.69, 9.17) is 9.97 Å². The number of fused-ring (bicyclic) bond motifs is 6. The Kier molecular flexibility index (Phi) is 6.90. The van der Waals surface area contributed by atoms with Crippen molar-refractivity contribution in [3.8, 4) is 44.9 Å². The Hall–Kier alpha value is -7.16. The van der Waals surface area contributed by atoms with E-state index in [0.717, 1.165) is 39.2 Å². The van der Waals surface area contributed by atoms with Gasteiger partial charge in [0, 0.05) is 16.7 Å². The zero-order chi connectivity index (χ0) is 35.6. The highest BCUT2D eigenvalue weighted by molar-refractivity contribution is 6.33. The van der Waals surface area contributed by atoms with Crippen molar-refractivity contribution >= 4 is 64.6 Å². The van der Waals surface area contributed by atoms with Crippen LogP contribution in [0.3, 0.4) is 0 Å². The van der Waals surface area contributed by atoms with E-state index >= 15 is 0 Å². The molecule has 10 aromatic carbocycles. The van der Waals surface area contributed by atoms with Gasteiger partial charge in [0.25, 0.3) is 0 Å². The van der Waals surface area contributed by atoms with Crippen LogP contribution in [-0.2, 0) is 0 Å². The van der Waals surface area contributed by atoms with Crippen molar-refractivity contribution in [3.63, 3.8) is 0 Å². The maximum atomic E-state index is 5.33. The first kappa shape index (κ1) is 30.5. The van der Waals surface area contributed by atoms with Crippen molar-refractivity contribution in [1.82, 2.24) is 9.97 Å². The molecule has 1 heterocycles. The topological polar surface area (TPSA) is 25.8 Å². The van der Waals surface area contributed by atoms with E-state index in [9.17, 15) is 0 Å². The van der Waals surface area contributed by atoms with Gasteiger partial charge >= 0.3 is 0 Å². The third-order valence-electron chi connectivity index (χ3n) is 11.1. The van der Waals surface area contributed by atoms with Crippen LogP contribution < -0.4 is 0 Å². The van der Waals surface area contributed by atoms with E-state index in [2.05, 4.69) is 164 Å². The average Bonchev–Trinajstić information content (AvgIpc) is 3.25. The second-order valence-electron chi connectivity index (χ2n) is 14.1. The van der Waals surface area contributed by atoms with E-state index < -0.39 is 0 Å². The summed E-state index contributed by atoms with van der Waals surface area (Å²) in [5.41, 5.74) is 8.13. The molecule has 0 fully saturated rings. The van der Waals surface area contributed by atoms with Gasteiger partial charge in [0.1, 0.15) is 0 Å². The molecule has 0 aliphatic rings. The summed E-state index contributed by atoms with van der Waals surface area (Å²) in [5.74, 6) is 0. The molecule has 0 unspecified atom stereocenters. The van der Waals surface area contributed by atoms with Crippen molar-refractivity contribution in [2.75, 3.05) is 0 Å². The standard InChI is InChI=1S/C52H32N2/c1-3-13-35(14-4-1)51-52(36-15-5-2-6-16-36)54-48(32-53-51)44-30-29-38(39-19-7-8-20-40(39)44)37-27-28-43-46-24-12-18-34-26-25-33-17-11-23-45(49(33)50(34)46)41-21-9-10-22-42(41)47(43)31-37/h1-32H. The first-order valence-electron chi connectivity index (χ1n) is 18.5. The van der Waals surface area contributed by atoms with Crippen molar-refractivity contribution in [2.24, 2.45) is 0 Å². The van der Waals surface area contributed by atoms with Gasteiger partial charge in [-0.3, -0.25) is 4.98 Å². The van der Waals surface area contributed by atoms with Crippen LogP contribution in [-0.4, -0.2) is 9.97 Å². The van der Waals surface area contributed by atoms with Crippen molar-refractivity contribution in [2.45, 2.75) is 0 Å². The van der Waals surface area contributed by atoms with Crippen LogP contribution in [0, 0.1) is 0 Å². The van der Waals surface area contributed by atoms with Crippen LogP contribution in [0.25, 0.3) is 110 Å². The lowest BCUT2D eigenvalue weighted by Gasteiger charge is -2.16. The Labute approximate surface area is 312 Å². The molecule has 250 valence electrons. The van der Waals surface area contributed by atoms with Crippen LogP contribution in [0.5, 0.6) is 0 Å².